The van der Waals surface area contributed by atoms with Crippen LogP contribution in [0.3, 0.4) is 0 Å². The highest BCUT2D eigenvalue weighted by atomic mass is 16.3. The Morgan fingerprint density at radius 2 is 1.92 bits per heavy atom. The summed E-state index contributed by atoms with van der Waals surface area (Å²) >= 11 is 0. The number of aliphatic hydroxyl groups excluding tert-OH is 1. The van der Waals surface area contributed by atoms with Crippen LogP contribution in [0.1, 0.15) is 18.9 Å². The summed E-state index contributed by atoms with van der Waals surface area (Å²) in [6.07, 6.45) is 1.17. The van der Waals surface area contributed by atoms with Crippen LogP contribution < -0.4 is 4.90 Å². The topological polar surface area (TPSA) is 64.1 Å². The third-order valence-electron chi connectivity index (χ3n) is 5.24. The summed E-state index contributed by atoms with van der Waals surface area (Å²) in [5, 5.41) is 9.01. The van der Waals surface area contributed by atoms with E-state index in [2.05, 4.69) is 11.8 Å². The molecule has 25 heavy (non-hydrogen) atoms. The average molecular weight is 345 g/mol. The van der Waals surface area contributed by atoms with E-state index in [1.54, 1.807) is 4.90 Å². The quantitative estimate of drug-likeness (QED) is 0.855. The summed E-state index contributed by atoms with van der Waals surface area (Å²) in [6, 6.07) is 7.93. The molecule has 0 radical (unpaired) electrons. The maximum absolute atomic E-state index is 12.8. The Morgan fingerprint density at radius 3 is 2.60 bits per heavy atom. The number of carbonyl (C=O) groups is 2. The van der Waals surface area contributed by atoms with Crippen LogP contribution in [0.25, 0.3) is 0 Å². The van der Waals surface area contributed by atoms with Gasteiger partial charge in [0.25, 0.3) is 0 Å². The molecule has 2 heterocycles. The number of rotatable bonds is 5. The van der Waals surface area contributed by atoms with Crippen molar-refractivity contribution in [2.45, 2.75) is 19.8 Å². The Bertz CT molecular complexity index is 626. The van der Waals surface area contributed by atoms with Crippen LogP contribution in [0.2, 0.25) is 0 Å². The van der Waals surface area contributed by atoms with E-state index in [0.717, 1.165) is 30.8 Å². The zero-order valence-corrected chi connectivity index (χ0v) is 14.9. The summed E-state index contributed by atoms with van der Waals surface area (Å²) in [6.45, 7) is 6.29. The monoisotopic (exact) mass is 345 g/mol. The Kier molecular flexibility index (Phi) is 5.71. The minimum atomic E-state index is -0.248. The van der Waals surface area contributed by atoms with Crippen LogP contribution in [0.15, 0.2) is 24.3 Å². The molecule has 0 unspecified atom stereocenters. The van der Waals surface area contributed by atoms with Gasteiger partial charge >= 0.3 is 0 Å². The normalized spacial score (nSPS) is 21.8. The second-order valence-electron chi connectivity index (χ2n) is 6.78. The second-order valence-corrected chi connectivity index (χ2v) is 6.78. The number of aliphatic hydroxyl groups is 1. The number of benzene rings is 1. The molecule has 6 heteroatoms. The van der Waals surface area contributed by atoms with Crippen molar-refractivity contribution in [1.82, 2.24) is 9.80 Å². The summed E-state index contributed by atoms with van der Waals surface area (Å²) < 4.78 is 0. The van der Waals surface area contributed by atoms with Gasteiger partial charge in [0.1, 0.15) is 0 Å². The summed E-state index contributed by atoms with van der Waals surface area (Å²) in [5.41, 5.74) is 2.08. The van der Waals surface area contributed by atoms with Crippen LogP contribution in [0.5, 0.6) is 0 Å². The van der Waals surface area contributed by atoms with Gasteiger partial charge in [-0.15, -0.1) is 0 Å². The molecule has 1 atom stereocenters. The molecule has 0 bridgehead atoms. The highest BCUT2D eigenvalue weighted by Gasteiger charge is 2.38. The van der Waals surface area contributed by atoms with Gasteiger partial charge in [-0.3, -0.25) is 14.5 Å². The number of aryl methyl sites for hydroxylation is 1. The number of β-amino-alcohol motifs (C(OH)–C–C–N with tert-alkyl or cyclic N) is 1. The molecule has 0 saturated carbocycles. The predicted molar refractivity (Wildman–Crippen MR) is 96.4 cm³/mol. The Hall–Kier alpha value is -1.92. The van der Waals surface area contributed by atoms with Crippen LogP contribution in [0.4, 0.5) is 5.69 Å². The number of hydrogen-bond acceptors (Lipinski definition) is 4. The standard InChI is InChI=1S/C19H27N3O3/c1-2-15-5-3-4-6-17(15)22-14-16(13-18(22)24)19(25)21-9-7-20(8-10-21)11-12-23/h3-6,16,23H,2,7-14H2,1H3/t16-/m0/s1. The van der Waals surface area contributed by atoms with Crippen molar-refractivity contribution in [3.63, 3.8) is 0 Å². The molecule has 136 valence electrons. The van der Waals surface area contributed by atoms with Crippen molar-refractivity contribution < 1.29 is 14.7 Å². The molecule has 2 aliphatic heterocycles. The van der Waals surface area contributed by atoms with E-state index < -0.39 is 0 Å². The Morgan fingerprint density at radius 1 is 1.20 bits per heavy atom. The molecule has 1 aromatic carbocycles. The van der Waals surface area contributed by atoms with E-state index in [4.69, 9.17) is 5.11 Å². The minimum Gasteiger partial charge on any atom is -0.395 e. The van der Waals surface area contributed by atoms with E-state index in [1.165, 1.54) is 0 Å². The number of hydrogen-bond donors (Lipinski definition) is 1. The fourth-order valence-corrected chi connectivity index (χ4v) is 3.77. The molecule has 1 aromatic rings. The van der Waals surface area contributed by atoms with Gasteiger partial charge in [-0.25, -0.2) is 0 Å². The molecule has 3 rings (SSSR count). The van der Waals surface area contributed by atoms with E-state index >= 15 is 0 Å². The van der Waals surface area contributed by atoms with Gasteiger partial charge in [0.2, 0.25) is 11.8 Å². The summed E-state index contributed by atoms with van der Waals surface area (Å²) in [7, 11) is 0. The first-order chi connectivity index (χ1) is 12.1. The van der Waals surface area contributed by atoms with Crippen LogP contribution in [-0.4, -0.2) is 72.6 Å². The molecule has 0 aromatic heterocycles. The lowest BCUT2D eigenvalue weighted by atomic mass is 10.1. The molecular weight excluding hydrogens is 318 g/mol. The molecule has 0 aliphatic carbocycles. The van der Waals surface area contributed by atoms with E-state index in [-0.39, 0.29) is 24.3 Å². The van der Waals surface area contributed by atoms with Gasteiger partial charge in [0, 0.05) is 51.4 Å². The fraction of sp³-hybridized carbons (Fsp3) is 0.579. The molecule has 2 aliphatic rings. The van der Waals surface area contributed by atoms with Crippen LogP contribution in [0, 0.1) is 5.92 Å². The third kappa shape index (κ3) is 3.85. The SMILES string of the molecule is CCc1ccccc1N1C[C@@H](C(=O)N2CCN(CCO)CC2)CC1=O. The Labute approximate surface area is 149 Å². The predicted octanol–water partition coefficient (Wildman–Crippen LogP) is 0.738. The number of amides is 2. The van der Waals surface area contributed by atoms with Crippen LogP contribution >= 0.6 is 0 Å². The largest absolute Gasteiger partial charge is 0.395 e. The smallest absolute Gasteiger partial charge is 0.228 e. The second kappa shape index (κ2) is 7.97. The molecule has 0 spiro atoms. The van der Waals surface area contributed by atoms with Crippen molar-refractivity contribution in [3.05, 3.63) is 29.8 Å². The molecular formula is C19H27N3O3. The molecule has 6 nitrogen and oxygen atoms in total. The first-order valence-corrected chi connectivity index (χ1v) is 9.14. The lowest BCUT2D eigenvalue weighted by Gasteiger charge is -2.35. The van der Waals surface area contributed by atoms with Crippen molar-refractivity contribution in [3.8, 4) is 0 Å². The molecule has 2 saturated heterocycles. The third-order valence-corrected chi connectivity index (χ3v) is 5.24. The molecule has 2 fully saturated rings. The molecule has 2 amide bonds. The van der Waals surface area contributed by atoms with Crippen molar-refractivity contribution in [2.24, 2.45) is 5.92 Å². The maximum atomic E-state index is 12.8. The van der Waals surface area contributed by atoms with Gasteiger partial charge < -0.3 is 14.9 Å². The highest BCUT2D eigenvalue weighted by Crippen LogP contribution is 2.29. The van der Waals surface area contributed by atoms with E-state index in [9.17, 15) is 9.59 Å². The van der Waals surface area contributed by atoms with Crippen molar-refractivity contribution in [2.75, 3.05) is 50.8 Å². The summed E-state index contributed by atoms with van der Waals surface area (Å²) in [4.78, 5) is 31.1. The summed E-state index contributed by atoms with van der Waals surface area (Å²) in [5.74, 6) is -0.117. The van der Waals surface area contributed by atoms with Gasteiger partial charge in [0.15, 0.2) is 0 Å². The van der Waals surface area contributed by atoms with Gasteiger partial charge in [-0.1, -0.05) is 25.1 Å². The number of piperazine rings is 1. The minimum absolute atomic E-state index is 0.0400. The van der Waals surface area contributed by atoms with Crippen molar-refractivity contribution >= 4 is 17.5 Å². The average Bonchev–Trinajstić information content (AvgIpc) is 3.03. The number of carbonyl (C=O) groups excluding carboxylic acids is 2. The number of para-hydroxylation sites is 1. The zero-order valence-electron chi connectivity index (χ0n) is 14.9. The van der Waals surface area contributed by atoms with Crippen LogP contribution in [-0.2, 0) is 16.0 Å². The Balaban J connectivity index is 1.63. The first-order valence-electron chi connectivity index (χ1n) is 9.14. The van der Waals surface area contributed by atoms with Crippen molar-refractivity contribution in [1.29, 1.82) is 0 Å². The van der Waals surface area contributed by atoms with E-state index in [1.807, 2.05) is 29.2 Å². The number of anilines is 1. The zero-order chi connectivity index (χ0) is 17.8. The first kappa shape index (κ1) is 17.9. The fourth-order valence-electron chi connectivity index (χ4n) is 3.77. The molecule has 1 N–H and O–H groups in total. The van der Waals surface area contributed by atoms with E-state index in [0.29, 0.717) is 32.6 Å². The number of nitrogens with zero attached hydrogens (tertiary/aromatic N) is 3. The highest BCUT2D eigenvalue weighted by molar-refractivity contribution is 6.00. The maximum Gasteiger partial charge on any atom is 0.228 e. The van der Waals surface area contributed by atoms with Gasteiger partial charge in [0.05, 0.1) is 12.5 Å². The van der Waals surface area contributed by atoms with Gasteiger partial charge in [-0.05, 0) is 18.1 Å². The lowest BCUT2D eigenvalue weighted by molar-refractivity contribution is -0.137. The van der Waals surface area contributed by atoms with Gasteiger partial charge in [-0.2, -0.15) is 0 Å². The lowest BCUT2D eigenvalue weighted by Crippen LogP contribution is -2.51.